The maximum atomic E-state index is 14.4. The predicted molar refractivity (Wildman–Crippen MR) is 192 cm³/mol. The monoisotopic (exact) mass is 879 g/mol. The van der Waals surface area contributed by atoms with Crippen LogP contribution in [-0.2, 0) is 19.2 Å². The van der Waals surface area contributed by atoms with Gasteiger partial charge in [0.25, 0.3) is 11.8 Å². The first-order valence-electron chi connectivity index (χ1n) is 14.9. The number of fused-ring (bicyclic) bond motifs is 4. The Kier molecular flexibility index (Phi) is 8.51. The Hall–Kier alpha value is -2.90. The number of nitrogens with one attached hydrogen (secondary N) is 1. The second kappa shape index (κ2) is 12.2. The number of aromatic hydroxyl groups is 1. The summed E-state index contributed by atoms with van der Waals surface area (Å²) >= 11 is 24.9. The van der Waals surface area contributed by atoms with E-state index in [4.69, 9.17) is 27.9 Å². The smallest absolute Gasteiger partial charge is 0.254 e. The molecule has 9 nitrogen and oxygen atoms in total. The zero-order chi connectivity index (χ0) is 34.3. The third-order valence-electron chi connectivity index (χ3n) is 9.91. The number of carbonyl (C=O) groups excluding carboxylic acids is 4. The standard InChI is InChI=1S/C34H26Br3Cl2N3O6/c1-48-23-13-21(26(36)27(37)28(23)43)25-19-11-12-20-24(22(19)14-33(38)31(46)41(15-35)32(47)34(25,33)39)30(45)42(29(20)44)18-9-7-17(8-10-18)40-16-5-3-2-4-6-16/h2-11,13,20,22,24-25,40,43H,12,14-15H2,1H3/t20-,22+,24-,25+,33+,34-/m0/s1. The lowest BCUT2D eigenvalue weighted by atomic mass is 9.56. The van der Waals surface area contributed by atoms with E-state index in [9.17, 15) is 24.3 Å². The van der Waals surface area contributed by atoms with E-state index in [1.165, 1.54) is 12.0 Å². The maximum absolute atomic E-state index is 14.4. The van der Waals surface area contributed by atoms with Crippen LogP contribution in [0, 0.1) is 17.8 Å². The zero-order valence-electron chi connectivity index (χ0n) is 25.1. The Balaban J connectivity index is 1.32. The molecular weight excluding hydrogens is 857 g/mol. The van der Waals surface area contributed by atoms with Gasteiger partial charge in [-0.05, 0) is 98.6 Å². The molecule has 248 valence electrons. The quantitative estimate of drug-likeness (QED) is 0.114. The summed E-state index contributed by atoms with van der Waals surface area (Å²) in [7, 11) is 1.38. The van der Waals surface area contributed by atoms with Crippen molar-refractivity contribution in [1.29, 1.82) is 0 Å². The van der Waals surface area contributed by atoms with Crippen LogP contribution in [0.1, 0.15) is 24.3 Å². The normalized spacial score (nSPS) is 29.4. The summed E-state index contributed by atoms with van der Waals surface area (Å²) in [5.41, 5.74) is 2.99. The molecule has 6 atom stereocenters. The van der Waals surface area contributed by atoms with Crippen LogP contribution in [0.3, 0.4) is 0 Å². The molecule has 14 heteroatoms. The SMILES string of the molecule is COc1cc([C@H]2C3=CC[C@@H]4C(=O)N(c5ccc(Nc6ccccc6)cc5)C(=O)[C@@H]4[C@@H]3C[C@@]3(Cl)C(=O)N(CBr)C(=O)[C@@]23Cl)c(Br)c(Br)c1O. The second-order valence-electron chi connectivity index (χ2n) is 12.2. The number of phenols is 1. The lowest BCUT2D eigenvalue weighted by Crippen LogP contribution is -2.60. The number of amides is 4. The van der Waals surface area contributed by atoms with Crippen LogP contribution in [0.25, 0.3) is 0 Å². The van der Waals surface area contributed by atoms with Gasteiger partial charge in [0, 0.05) is 21.8 Å². The lowest BCUT2D eigenvalue weighted by Gasteiger charge is -2.51. The summed E-state index contributed by atoms with van der Waals surface area (Å²) in [5, 5.41) is 14.0. The number of hydrogen-bond donors (Lipinski definition) is 2. The highest BCUT2D eigenvalue weighted by Gasteiger charge is 2.76. The van der Waals surface area contributed by atoms with Crippen LogP contribution >= 0.6 is 71.0 Å². The topological polar surface area (TPSA) is 116 Å². The molecule has 3 fully saturated rings. The summed E-state index contributed by atoms with van der Waals surface area (Å²) in [4.78, 5) is 54.6. The van der Waals surface area contributed by atoms with E-state index in [0.717, 1.165) is 16.3 Å². The molecule has 7 rings (SSSR count). The number of hydrogen-bond acceptors (Lipinski definition) is 7. The first-order valence-corrected chi connectivity index (χ1v) is 18.4. The van der Waals surface area contributed by atoms with Crippen molar-refractivity contribution in [2.24, 2.45) is 17.8 Å². The number of allylic oxidation sites excluding steroid dienone is 2. The van der Waals surface area contributed by atoms with Crippen LogP contribution in [0.4, 0.5) is 17.1 Å². The number of benzene rings is 3. The van der Waals surface area contributed by atoms with Crippen molar-refractivity contribution in [2.45, 2.75) is 28.5 Å². The fraction of sp³-hybridized carbons (Fsp3) is 0.294. The maximum Gasteiger partial charge on any atom is 0.254 e. The summed E-state index contributed by atoms with van der Waals surface area (Å²) in [6.07, 6.45) is 1.92. The minimum absolute atomic E-state index is 0.0922. The van der Waals surface area contributed by atoms with Gasteiger partial charge in [0.15, 0.2) is 21.2 Å². The van der Waals surface area contributed by atoms with Gasteiger partial charge in [-0.2, -0.15) is 0 Å². The Morgan fingerprint density at radius 3 is 2.25 bits per heavy atom. The molecule has 1 saturated carbocycles. The van der Waals surface area contributed by atoms with Gasteiger partial charge < -0.3 is 15.2 Å². The first-order chi connectivity index (χ1) is 22.9. The van der Waals surface area contributed by atoms with E-state index < -0.39 is 51.1 Å². The van der Waals surface area contributed by atoms with E-state index >= 15 is 0 Å². The van der Waals surface area contributed by atoms with Crippen molar-refractivity contribution in [3.63, 3.8) is 0 Å². The minimum Gasteiger partial charge on any atom is -0.503 e. The van der Waals surface area contributed by atoms with Crippen molar-refractivity contribution < 1.29 is 29.0 Å². The van der Waals surface area contributed by atoms with E-state index in [0.29, 0.717) is 21.3 Å². The van der Waals surface area contributed by atoms with Crippen molar-refractivity contribution in [3.05, 3.63) is 86.8 Å². The summed E-state index contributed by atoms with van der Waals surface area (Å²) in [6, 6.07) is 18.2. The van der Waals surface area contributed by atoms with E-state index in [1.807, 2.05) is 36.4 Å². The van der Waals surface area contributed by atoms with Crippen molar-refractivity contribution >= 4 is 112 Å². The van der Waals surface area contributed by atoms with Crippen LogP contribution < -0.4 is 15.0 Å². The van der Waals surface area contributed by atoms with Crippen molar-refractivity contribution in [1.82, 2.24) is 4.90 Å². The second-order valence-corrected chi connectivity index (χ2v) is 15.5. The molecule has 3 aromatic rings. The average Bonchev–Trinajstić information content (AvgIpc) is 3.42. The molecule has 2 aliphatic carbocycles. The summed E-state index contributed by atoms with van der Waals surface area (Å²) < 4.78 is 6.05. The number of phenolic OH excluding ortho intramolecular Hbond substituents is 1. The molecule has 0 radical (unpaired) electrons. The Bertz CT molecular complexity index is 1930. The molecule has 0 spiro atoms. The molecule has 2 aliphatic heterocycles. The Morgan fingerprint density at radius 2 is 1.60 bits per heavy atom. The van der Waals surface area contributed by atoms with E-state index in [1.54, 1.807) is 30.3 Å². The molecule has 4 aliphatic rings. The molecule has 0 unspecified atom stereocenters. The van der Waals surface area contributed by atoms with Crippen LogP contribution in [0.15, 0.2) is 81.3 Å². The highest BCUT2D eigenvalue weighted by molar-refractivity contribution is 9.13. The number of anilines is 3. The largest absolute Gasteiger partial charge is 0.503 e. The number of imide groups is 2. The van der Waals surface area contributed by atoms with Crippen molar-refractivity contribution in [2.75, 3.05) is 22.8 Å². The minimum atomic E-state index is -2.01. The van der Waals surface area contributed by atoms with E-state index in [2.05, 4.69) is 53.1 Å². The molecule has 0 aromatic heterocycles. The molecule has 3 aromatic carbocycles. The molecule has 2 N–H and O–H groups in total. The van der Waals surface area contributed by atoms with Crippen LogP contribution in [0.5, 0.6) is 11.5 Å². The number of alkyl halides is 3. The van der Waals surface area contributed by atoms with Gasteiger partial charge in [-0.1, -0.05) is 45.8 Å². The van der Waals surface area contributed by atoms with Crippen molar-refractivity contribution in [3.8, 4) is 11.5 Å². The highest BCUT2D eigenvalue weighted by Crippen LogP contribution is 2.67. The number of ether oxygens (including phenoxy) is 1. The molecular formula is C34H26Br3Cl2N3O6. The number of carbonyl (C=O) groups is 4. The van der Waals surface area contributed by atoms with Gasteiger partial charge in [-0.3, -0.25) is 29.0 Å². The fourth-order valence-electron chi connectivity index (χ4n) is 7.71. The number of rotatable bonds is 6. The lowest BCUT2D eigenvalue weighted by molar-refractivity contribution is -0.138. The molecule has 48 heavy (non-hydrogen) atoms. The van der Waals surface area contributed by atoms with Gasteiger partial charge in [0.2, 0.25) is 11.8 Å². The molecule has 2 heterocycles. The van der Waals surface area contributed by atoms with E-state index in [-0.39, 0.29) is 40.2 Å². The summed E-state index contributed by atoms with van der Waals surface area (Å²) in [5.74, 6) is -5.57. The van der Waals surface area contributed by atoms with Crippen LogP contribution in [-0.4, -0.2) is 55.9 Å². The average molecular weight is 883 g/mol. The molecule has 4 amide bonds. The Morgan fingerprint density at radius 1 is 0.938 bits per heavy atom. The summed E-state index contributed by atoms with van der Waals surface area (Å²) in [6.45, 7) is 0. The molecule has 0 bridgehead atoms. The van der Waals surface area contributed by atoms with Crippen LogP contribution in [0.2, 0.25) is 0 Å². The third-order valence-corrected chi connectivity index (χ3v) is 14.0. The first kappa shape index (κ1) is 33.6. The third kappa shape index (κ3) is 4.66. The number of nitrogens with zero attached hydrogens (tertiary/aromatic N) is 2. The number of methoxy groups -OCH3 is 1. The van der Waals surface area contributed by atoms with Gasteiger partial charge in [0.1, 0.15) is 0 Å². The van der Waals surface area contributed by atoms with Gasteiger partial charge in [-0.15, -0.1) is 23.2 Å². The number of halogens is 5. The number of para-hydroxylation sites is 1. The van der Waals surface area contributed by atoms with Gasteiger partial charge >= 0.3 is 0 Å². The zero-order valence-corrected chi connectivity index (χ0v) is 31.3. The number of likely N-dealkylation sites (tertiary alicyclic amines) is 1. The van der Waals surface area contributed by atoms with Gasteiger partial charge in [0.05, 0.1) is 34.6 Å². The molecule has 2 saturated heterocycles. The predicted octanol–water partition coefficient (Wildman–Crippen LogP) is 7.59. The fourth-order valence-corrected chi connectivity index (χ4v) is 10.1. The Labute approximate surface area is 311 Å². The van der Waals surface area contributed by atoms with Gasteiger partial charge in [-0.25, -0.2) is 0 Å². The highest BCUT2D eigenvalue weighted by atomic mass is 79.9.